The molecule has 19 heavy (non-hydrogen) atoms. The lowest BCUT2D eigenvalue weighted by atomic mass is 9.76. The van der Waals surface area contributed by atoms with Crippen LogP contribution in [0.15, 0.2) is 30.3 Å². The standard InChI is InChI=1S/C17H26N2/c1-3-7-15(8-4-1)16-13-17(14-16)18-9-12-19-10-5-2-6-11-19/h1,3-4,7-8,16-18H,2,5-6,9-14H2. The number of nitrogens with one attached hydrogen (secondary N) is 1. The Hall–Kier alpha value is -0.860. The number of likely N-dealkylation sites (tertiary alicyclic amines) is 1. The highest BCUT2D eigenvalue weighted by Gasteiger charge is 2.29. The highest BCUT2D eigenvalue weighted by molar-refractivity contribution is 5.22. The average Bonchev–Trinajstić information content (AvgIpc) is 2.43. The van der Waals surface area contributed by atoms with Gasteiger partial charge in [-0.3, -0.25) is 0 Å². The zero-order valence-electron chi connectivity index (χ0n) is 11.9. The van der Waals surface area contributed by atoms with E-state index in [9.17, 15) is 0 Å². The molecule has 0 bridgehead atoms. The topological polar surface area (TPSA) is 15.3 Å². The van der Waals surface area contributed by atoms with E-state index in [2.05, 4.69) is 40.5 Å². The van der Waals surface area contributed by atoms with Crippen LogP contribution in [-0.4, -0.2) is 37.1 Å². The third kappa shape index (κ3) is 3.58. The van der Waals surface area contributed by atoms with E-state index >= 15 is 0 Å². The summed E-state index contributed by atoms with van der Waals surface area (Å²) in [5.74, 6) is 0.800. The Balaban J connectivity index is 1.31. The Morgan fingerprint density at radius 2 is 1.74 bits per heavy atom. The number of hydrogen-bond donors (Lipinski definition) is 1. The van der Waals surface area contributed by atoms with Crippen molar-refractivity contribution in [1.82, 2.24) is 10.2 Å². The van der Waals surface area contributed by atoms with E-state index in [1.165, 1.54) is 63.8 Å². The van der Waals surface area contributed by atoms with Gasteiger partial charge in [0, 0.05) is 19.1 Å². The maximum Gasteiger partial charge on any atom is 0.0107 e. The van der Waals surface area contributed by atoms with Crippen molar-refractivity contribution in [3.05, 3.63) is 35.9 Å². The Morgan fingerprint density at radius 1 is 1.00 bits per heavy atom. The molecule has 0 atom stereocenters. The second-order valence-corrected chi connectivity index (χ2v) is 6.13. The molecule has 0 aromatic heterocycles. The molecular weight excluding hydrogens is 232 g/mol. The lowest BCUT2D eigenvalue weighted by Gasteiger charge is -2.37. The summed E-state index contributed by atoms with van der Waals surface area (Å²) >= 11 is 0. The number of benzene rings is 1. The lowest BCUT2D eigenvalue weighted by molar-refractivity contribution is 0.214. The number of rotatable bonds is 5. The Morgan fingerprint density at radius 3 is 2.47 bits per heavy atom. The van der Waals surface area contributed by atoms with Crippen LogP contribution in [0.5, 0.6) is 0 Å². The fourth-order valence-electron chi connectivity index (χ4n) is 3.39. The summed E-state index contributed by atoms with van der Waals surface area (Å²) in [5, 5.41) is 3.72. The zero-order chi connectivity index (χ0) is 12.9. The Labute approximate surface area is 117 Å². The number of piperidine rings is 1. The van der Waals surface area contributed by atoms with Crippen LogP contribution in [0.3, 0.4) is 0 Å². The molecule has 1 heterocycles. The van der Waals surface area contributed by atoms with Crippen LogP contribution >= 0.6 is 0 Å². The first-order valence-electron chi connectivity index (χ1n) is 7.92. The smallest absolute Gasteiger partial charge is 0.0107 e. The van der Waals surface area contributed by atoms with Crippen molar-refractivity contribution in [1.29, 1.82) is 0 Å². The van der Waals surface area contributed by atoms with Gasteiger partial charge in [0.05, 0.1) is 0 Å². The molecule has 0 unspecified atom stereocenters. The fraction of sp³-hybridized carbons (Fsp3) is 0.647. The Kier molecular flexibility index (Phi) is 4.52. The molecule has 2 aliphatic rings. The highest BCUT2D eigenvalue weighted by Crippen LogP contribution is 2.36. The molecule has 1 saturated carbocycles. The van der Waals surface area contributed by atoms with Gasteiger partial charge in [0.2, 0.25) is 0 Å². The molecule has 0 spiro atoms. The number of nitrogens with zero attached hydrogens (tertiary/aromatic N) is 1. The molecular formula is C17H26N2. The van der Waals surface area contributed by atoms with E-state index in [0.29, 0.717) is 0 Å². The monoisotopic (exact) mass is 258 g/mol. The van der Waals surface area contributed by atoms with E-state index in [1.807, 2.05) is 0 Å². The van der Waals surface area contributed by atoms with E-state index in [4.69, 9.17) is 0 Å². The molecule has 1 saturated heterocycles. The van der Waals surface area contributed by atoms with Gasteiger partial charge in [-0.1, -0.05) is 36.8 Å². The van der Waals surface area contributed by atoms with Crippen molar-refractivity contribution in [2.24, 2.45) is 0 Å². The first-order valence-corrected chi connectivity index (χ1v) is 7.92. The molecule has 0 radical (unpaired) electrons. The summed E-state index contributed by atoms with van der Waals surface area (Å²) in [6.45, 7) is 5.05. The van der Waals surface area contributed by atoms with Gasteiger partial charge in [-0.05, 0) is 50.3 Å². The van der Waals surface area contributed by atoms with Crippen LogP contribution < -0.4 is 5.32 Å². The normalized spacial score (nSPS) is 28.0. The van der Waals surface area contributed by atoms with E-state index in [-0.39, 0.29) is 0 Å². The van der Waals surface area contributed by atoms with Crippen LogP contribution in [-0.2, 0) is 0 Å². The van der Waals surface area contributed by atoms with Crippen molar-refractivity contribution in [3.63, 3.8) is 0 Å². The van der Waals surface area contributed by atoms with Gasteiger partial charge in [0.25, 0.3) is 0 Å². The van der Waals surface area contributed by atoms with Gasteiger partial charge in [0.1, 0.15) is 0 Å². The molecule has 3 rings (SSSR count). The predicted octanol–water partition coefficient (Wildman–Crippen LogP) is 3.01. The minimum Gasteiger partial charge on any atom is -0.313 e. The molecule has 2 nitrogen and oxygen atoms in total. The summed E-state index contributed by atoms with van der Waals surface area (Å²) in [6, 6.07) is 11.7. The molecule has 104 valence electrons. The summed E-state index contributed by atoms with van der Waals surface area (Å²) in [4.78, 5) is 2.61. The molecule has 1 N–H and O–H groups in total. The van der Waals surface area contributed by atoms with E-state index < -0.39 is 0 Å². The largest absolute Gasteiger partial charge is 0.313 e. The van der Waals surface area contributed by atoms with Crippen LogP contribution in [0.25, 0.3) is 0 Å². The van der Waals surface area contributed by atoms with Gasteiger partial charge >= 0.3 is 0 Å². The highest BCUT2D eigenvalue weighted by atomic mass is 15.1. The fourth-order valence-corrected chi connectivity index (χ4v) is 3.39. The van der Waals surface area contributed by atoms with Gasteiger partial charge in [0.15, 0.2) is 0 Å². The van der Waals surface area contributed by atoms with Crippen LogP contribution in [0, 0.1) is 0 Å². The molecule has 1 aromatic rings. The number of hydrogen-bond acceptors (Lipinski definition) is 2. The quantitative estimate of drug-likeness (QED) is 0.873. The van der Waals surface area contributed by atoms with Crippen molar-refractivity contribution in [2.45, 2.75) is 44.1 Å². The lowest BCUT2D eigenvalue weighted by Crippen LogP contribution is -2.44. The molecule has 1 aliphatic heterocycles. The summed E-state index contributed by atoms with van der Waals surface area (Å²) in [5.41, 5.74) is 1.52. The van der Waals surface area contributed by atoms with Gasteiger partial charge in [-0.25, -0.2) is 0 Å². The van der Waals surface area contributed by atoms with Gasteiger partial charge < -0.3 is 10.2 Å². The zero-order valence-corrected chi connectivity index (χ0v) is 11.9. The minimum atomic E-state index is 0.759. The second kappa shape index (κ2) is 6.53. The third-order valence-corrected chi connectivity index (χ3v) is 4.72. The first-order chi connectivity index (χ1) is 9.42. The van der Waals surface area contributed by atoms with Gasteiger partial charge in [-0.2, -0.15) is 0 Å². The van der Waals surface area contributed by atoms with Crippen molar-refractivity contribution in [3.8, 4) is 0 Å². The van der Waals surface area contributed by atoms with Crippen LogP contribution in [0.2, 0.25) is 0 Å². The third-order valence-electron chi connectivity index (χ3n) is 4.72. The maximum absolute atomic E-state index is 3.72. The van der Waals surface area contributed by atoms with Crippen molar-refractivity contribution >= 4 is 0 Å². The van der Waals surface area contributed by atoms with Crippen molar-refractivity contribution in [2.75, 3.05) is 26.2 Å². The average molecular weight is 258 g/mol. The minimum absolute atomic E-state index is 0.759. The second-order valence-electron chi connectivity index (χ2n) is 6.13. The molecule has 0 amide bonds. The first kappa shape index (κ1) is 13.1. The summed E-state index contributed by atoms with van der Waals surface area (Å²) in [6.07, 6.45) is 6.89. The maximum atomic E-state index is 3.72. The molecule has 1 aromatic carbocycles. The summed E-state index contributed by atoms with van der Waals surface area (Å²) in [7, 11) is 0. The Bertz CT molecular complexity index is 364. The van der Waals surface area contributed by atoms with Gasteiger partial charge in [-0.15, -0.1) is 0 Å². The molecule has 2 heteroatoms. The van der Waals surface area contributed by atoms with Crippen molar-refractivity contribution < 1.29 is 0 Å². The van der Waals surface area contributed by atoms with Crippen LogP contribution in [0.4, 0.5) is 0 Å². The SMILES string of the molecule is c1ccc(C2CC(NCCN3CCCCC3)C2)cc1. The predicted molar refractivity (Wildman–Crippen MR) is 80.5 cm³/mol. The van der Waals surface area contributed by atoms with E-state index in [1.54, 1.807) is 0 Å². The van der Waals surface area contributed by atoms with E-state index in [0.717, 1.165) is 12.0 Å². The molecule has 2 fully saturated rings. The van der Waals surface area contributed by atoms with Crippen LogP contribution in [0.1, 0.15) is 43.6 Å². The summed E-state index contributed by atoms with van der Waals surface area (Å²) < 4.78 is 0. The molecule has 1 aliphatic carbocycles.